The first-order valence-electron chi connectivity index (χ1n) is 10.3. The Labute approximate surface area is 192 Å². The molecule has 0 N–H and O–H groups in total. The minimum atomic E-state index is -1.17. The molecule has 0 amide bonds. The fraction of sp³-hybridized carbons (Fsp3) is 0.455. The van der Waals surface area contributed by atoms with Crippen LogP contribution in [-0.4, -0.2) is 19.6 Å². The predicted molar refractivity (Wildman–Crippen MR) is 124 cm³/mol. The lowest BCUT2D eigenvalue weighted by molar-refractivity contribution is -0.116. The summed E-state index contributed by atoms with van der Waals surface area (Å²) in [4.78, 5) is 76.2. The third-order valence-electron chi connectivity index (χ3n) is 6.34. The molecule has 2 heterocycles. The zero-order valence-electron chi connectivity index (χ0n) is 18.0. The summed E-state index contributed by atoms with van der Waals surface area (Å²) in [5.41, 5.74) is -3.06. The van der Waals surface area contributed by atoms with Gasteiger partial charge in [-0.3, -0.25) is 37.9 Å². The van der Waals surface area contributed by atoms with Gasteiger partial charge in [0.1, 0.15) is 12.1 Å². The van der Waals surface area contributed by atoms with Crippen molar-refractivity contribution in [3.63, 3.8) is 0 Å². The molecule has 0 aliphatic rings. The maximum absolute atomic E-state index is 13.0. The topological polar surface area (TPSA) is 112 Å². The van der Waals surface area contributed by atoms with Crippen molar-refractivity contribution >= 4 is 55.2 Å². The molecule has 0 unspecified atom stereocenters. The lowest BCUT2D eigenvalue weighted by Gasteiger charge is -2.19. The maximum Gasteiger partial charge on any atom is 0.262 e. The summed E-state index contributed by atoms with van der Waals surface area (Å²) in [6, 6.07) is -0.000677. The quantitative estimate of drug-likeness (QED) is 0.458. The van der Waals surface area contributed by atoms with Gasteiger partial charge in [-0.05, 0) is 47.2 Å². The summed E-state index contributed by atoms with van der Waals surface area (Å²) in [7, 11) is 0. The van der Waals surface area contributed by atoms with Crippen LogP contribution in [0.15, 0.2) is 31.3 Å². The van der Waals surface area contributed by atoms with Crippen molar-refractivity contribution in [1.29, 1.82) is 0 Å². The van der Waals surface area contributed by atoms with Gasteiger partial charge in [-0.1, -0.05) is 40.5 Å². The Balaban J connectivity index is 2.40. The molecule has 170 valence electrons. The highest BCUT2D eigenvalue weighted by Crippen LogP contribution is 2.25. The van der Waals surface area contributed by atoms with E-state index < -0.39 is 44.8 Å². The van der Waals surface area contributed by atoms with E-state index in [1.54, 1.807) is 27.7 Å². The van der Waals surface area contributed by atoms with Crippen LogP contribution < -0.4 is 22.2 Å². The highest BCUT2D eigenvalue weighted by atomic mass is 35.5. The molecule has 10 heteroatoms. The summed E-state index contributed by atoms with van der Waals surface area (Å²) in [5.74, 6) is -0.780. The molecule has 0 aliphatic carbocycles. The second kappa shape index (κ2) is 8.75. The van der Waals surface area contributed by atoms with Crippen LogP contribution in [0.2, 0.25) is 0 Å². The summed E-state index contributed by atoms with van der Waals surface area (Å²) in [6.45, 7) is 6.97. The molecular weight excluding hydrogens is 459 g/mol. The van der Waals surface area contributed by atoms with E-state index in [0.29, 0.717) is 12.8 Å². The summed E-state index contributed by atoms with van der Waals surface area (Å²) < 4.78 is 1.58. The van der Waals surface area contributed by atoms with Crippen LogP contribution in [0.3, 0.4) is 0 Å². The SMILES string of the molecule is CC[C@H](C)[C@@H](C(=O)Cl)n1c(=O)c2cc3c(=O)n([C@H](C(=O)Cl)[C@@H](C)CC)c(=O)c3cc2c1=O. The highest BCUT2D eigenvalue weighted by molar-refractivity contribution is 6.64. The first kappa shape index (κ1) is 24.1. The molecule has 0 spiro atoms. The van der Waals surface area contributed by atoms with Crippen LogP contribution in [0.1, 0.15) is 52.6 Å². The molecule has 4 atom stereocenters. The normalized spacial score (nSPS) is 15.7. The van der Waals surface area contributed by atoms with Gasteiger partial charge in [0, 0.05) is 0 Å². The number of hydrogen-bond donors (Lipinski definition) is 0. The first-order valence-corrected chi connectivity index (χ1v) is 11.1. The smallest absolute Gasteiger partial charge is 0.262 e. The van der Waals surface area contributed by atoms with Gasteiger partial charge in [-0.25, -0.2) is 0 Å². The van der Waals surface area contributed by atoms with Crippen molar-refractivity contribution < 1.29 is 9.59 Å². The molecule has 8 nitrogen and oxygen atoms in total. The average Bonchev–Trinajstić information content (AvgIpc) is 3.12. The summed E-state index contributed by atoms with van der Waals surface area (Å²) in [5, 5.41) is -2.09. The van der Waals surface area contributed by atoms with E-state index in [1.807, 2.05) is 0 Å². The Bertz CT molecular complexity index is 1260. The van der Waals surface area contributed by atoms with Crippen molar-refractivity contribution in [1.82, 2.24) is 9.13 Å². The highest BCUT2D eigenvalue weighted by Gasteiger charge is 2.32. The van der Waals surface area contributed by atoms with Gasteiger partial charge in [0.2, 0.25) is 10.5 Å². The standard InChI is InChI=1S/C22H22Cl2N2O6/c1-5-9(3)15(17(23)27)25-19(29)11-7-13-14(8-12(11)20(25)30)22(32)26(21(13)31)16(18(24)28)10(4)6-2/h7-10,15-16H,5-6H2,1-4H3/t9-,10-,15-,16-/m0/s1. The Morgan fingerprint density at radius 1 is 0.688 bits per heavy atom. The zero-order valence-corrected chi connectivity index (χ0v) is 19.5. The third-order valence-corrected chi connectivity index (χ3v) is 6.79. The minimum Gasteiger partial charge on any atom is -0.279 e. The molecule has 2 aromatic heterocycles. The van der Waals surface area contributed by atoms with E-state index in [2.05, 4.69) is 0 Å². The maximum atomic E-state index is 13.0. The van der Waals surface area contributed by atoms with E-state index in [4.69, 9.17) is 23.2 Å². The van der Waals surface area contributed by atoms with E-state index >= 15 is 0 Å². The van der Waals surface area contributed by atoms with Crippen molar-refractivity contribution in [2.45, 2.75) is 52.6 Å². The number of halogens is 2. The van der Waals surface area contributed by atoms with Crippen molar-refractivity contribution in [2.75, 3.05) is 0 Å². The molecule has 3 rings (SSSR count). The number of rotatable bonds is 8. The van der Waals surface area contributed by atoms with Crippen LogP contribution in [0.25, 0.3) is 21.5 Å². The average molecular weight is 481 g/mol. The Morgan fingerprint density at radius 3 is 1.12 bits per heavy atom. The van der Waals surface area contributed by atoms with Gasteiger partial charge < -0.3 is 0 Å². The number of hydrogen-bond acceptors (Lipinski definition) is 6. The second-order valence-electron chi connectivity index (χ2n) is 8.17. The molecule has 32 heavy (non-hydrogen) atoms. The second-order valence-corrected chi connectivity index (χ2v) is 8.92. The van der Waals surface area contributed by atoms with Crippen LogP contribution in [-0.2, 0) is 9.59 Å². The van der Waals surface area contributed by atoms with Crippen molar-refractivity contribution in [3.8, 4) is 0 Å². The molecule has 0 bridgehead atoms. The van der Waals surface area contributed by atoms with Gasteiger partial charge in [0.25, 0.3) is 22.2 Å². The summed E-state index contributed by atoms with van der Waals surface area (Å²) in [6.07, 6.45) is 0.977. The van der Waals surface area contributed by atoms with Crippen molar-refractivity contribution in [3.05, 3.63) is 53.5 Å². The fourth-order valence-corrected chi connectivity index (χ4v) is 4.75. The van der Waals surface area contributed by atoms with Gasteiger partial charge in [0.15, 0.2) is 0 Å². The van der Waals surface area contributed by atoms with Crippen LogP contribution in [0.4, 0.5) is 0 Å². The van der Waals surface area contributed by atoms with E-state index in [-0.39, 0.29) is 33.4 Å². The molecular formula is C22H22Cl2N2O6. The Morgan fingerprint density at radius 2 is 0.938 bits per heavy atom. The molecule has 0 fully saturated rings. The number of carbonyl (C=O) groups is 2. The zero-order chi connectivity index (χ0) is 24.1. The Kier molecular flexibility index (Phi) is 6.58. The fourth-order valence-electron chi connectivity index (χ4n) is 4.12. The van der Waals surface area contributed by atoms with Gasteiger partial charge >= 0.3 is 0 Å². The molecule has 3 aromatic rings. The lowest BCUT2D eigenvalue weighted by atomic mass is 10.00. The van der Waals surface area contributed by atoms with Crippen LogP contribution >= 0.6 is 23.2 Å². The molecule has 1 aromatic carbocycles. The van der Waals surface area contributed by atoms with Crippen LogP contribution in [0.5, 0.6) is 0 Å². The van der Waals surface area contributed by atoms with E-state index in [0.717, 1.165) is 9.13 Å². The third kappa shape index (κ3) is 3.55. The van der Waals surface area contributed by atoms with Gasteiger partial charge in [0.05, 0.1) is 21.5 Å². The van der Waals surface area contributed by atoms with Crippen molar-refractivity contribution in [2.24, 2.45) is 11.8 Å². The van der Waals surface area contributed by atoms with E-state index in [9.17, 15) is 28.8 Å². The van der Waals surface area contributed by atoms with Gasteiger partial charge in [-0.2, -0.15) is 0 Å². The van der Waals surface area contributed by atoms with Gasteiger partial charge in [-0.15, -0.1) is 0 Å². The summed E-state index contributed by atoms with van der Waals surface area (Å²) >= 11 is 11.4. The molecule has 0 saturated heterocycles. The van der Waals surface area contributed by atoms with Crippen LogP contribution in [0, 0.1) is 11.8 Å². The monoisotopic (exact) mass is 480 g/mol. The molecule has 0 aliphatic heterocycles. The lowest BCUT2D eigenvalue weighted by Crippen LogP contribution is -2.37. The predicted octanol–water partition coefficient (Wildman–Crippen LogP) is 2.62. The number of carbonyl (C=O) groups excluding carboxylic acids is 2. The molecule has 0 saturated carbocycles. The first-order chi connectivity index (χ1) is 15.0. The molecule has 0 radical (unpaired) electrons. The largest absolute Gasteiger partial charge is 0.279 e. The number of aromatic nitrogens is 2. The number of fused-ring (bicyclic) bond motifs is 2. The minimum absolute atomic E-state index is 0.0970. The number of benzene rings is 1. The Hall–Kier alpha value is -2.58. The van der Waals surface area contributed by atoms with E-state index in [1.165, 1.54) is 12.1 Å². The number of nitrogens with zero attached hydrogens (tertiary/aromatic N) is 2.